The van der Waals surface area contributed by atoms with Crippen LogP contribution in [0.1, 0.15) is 322 Å². The lowest BCUT2D eigenvalue weighted by atomic mass is 9.72. The fourth-order valence-corrected chi connectivity index (χ4v) is 26.1. The zero-order valence-electron chi connectivity index (χ0n) is 84.6. The van der Waals surface area contributed by atoms with Gasteiger partial charge in [0.05, 0.1) is 198 Å². The van der Waals surface area contributed by atoms with Crippen LogP contribution in [0.2, 0.25) is 0 Å². The number of rotatable bonds is 21. The van der Waals surface area contributed by atoms with E-state index in [0.29, 0.717) is 119 Å². The first kappa shape index (κ1) is 106. The van der Waals surface area contributed by atoms with Crippen LogP contribution >= 0.6 is 0 Å². The molecular weight excluding hydrogens is 1960 g/mol. The van der Waals surface area contributed by atoms with E-state index in [9.17, 15) is 70.2 Å². The highest BCUT2D eigenvalue weighted by Crippen LogP contribution is 2.58. The fraction of sp³-hybridized carbons (Fsp3) is 0.553. The Morgan fingerprint density at radius 3 is 0.787 bits per heavy atom. The largest absolute Gasteiger partial charge is 0.390 e. The first-order valence-electron chi connectivity index (χ1n) is 53.1. The Morgan fingerprint density at radius 2 is 0.540 bits per heavy atom. The van der Waals surface area contributed by atoms with Gasteiger partial charge in [-0.05, 0) is 267 Å². The second-order valence-electron chi connectivity index (χ2n) is 45.9. The third kappa shape index (κ3) is 21.3. The van der Waals surface area contributed by atoms with Crippen LogP contribution in [0.5, 0.6) is 0 Å². The lowest BCUT2D eigenvalue weighted by molar-refractivity contribution is -0.114. The van der Waals surface area contributed by atoms with Crippen molar-refractivity contribution in [2.75, 3.05) is 0 Å². The highest BCUT2D eigenvalue weighted by molar-refractivity contribution is 5.73. The molecule has 13 aliphatic rings. The number of benzene rings is 3. The van der Waals surface area contributed by atoms with Crippen LogP contribution in [0, 0.1) is 35.2 Å². The van der Waals surface area contributed by atoms with Gasteiger partial charge in [-0.25, -0.2) is 95.8 Å². The van der Waals surface area contributed by atoms with Gasteiger partial charge in [-0.1, -0.05) is 36.4 Å². The van der Waals surface area contributed by atoms with Gasteiger partial charge in [-0.15, -0.1) is 0 Å². The van der Waals surface area contributed by atoms with Crippen molar-refractivity contribution in [3.8, 4) is 67.5 Å². The van der Waals surface area contributed by atoms with Crippen molar-refractivity contribution in [3.63, 3.8) is 0 Å². The summed E-state index contributed by atoms with van der Waals surface area (Å²) in [5.74, 6) is -8.59. The van der Waals surface area contributed by atoms with E-state index in [4.69, 9.17) is 0 Å². The second kappa shape index (κ2) is 40.8. The molecule has 9 unspecified atom stereocenters. The van der Waals surface area contributed by atoms with Crippen LogP contribution in [0.25, 0.3) is 67.5 Å². The molecule has 21 nitrogen and oxygen atoms in total. The highest BCUT2D eigenvalue weighted by Gasteiger charge is 2.56. The Morgan fingerprint density at radius 1 is 0.307 bits per heavy atom. The quantitative estimate of drug-likeness (QED) is 0.0365. The van der Waals surface area contributed by atoms with Crippen LogP contribution in [0.15, 0.2) is 185 Å². The van der Waals surface area contributed by atoms with Crippen molar-refractivity contribution in [2.24, 2.45) is 17.8 Å². The second-order valence-corrected chi connectivity index (χ2v) is 45.9. The van der Waals surface area contributed by atoms with Crippen molar-refractivity contribution in [1.29, 1.82) is 0 Å². The molecule has 25 rings (SSSR count). The molecular formula is C114H130F15N15O6. The maximum Gasteiger partial charge on any atom is 0.248 e. The SMILES string of the molecule is CC(C)(O)C1CCC(F)(CCC2c3c(F)cccc3-c3cncn32)CC1.CC(C)(O)C1CCC(F)(CCC2c3c(F)cccc3-c3cncn32)CC1.OC(CC1c2ncccc2-c2cncn21)C1(F)CCC(F)(F)CC1.OC(CC1c2ncccc2-c2cncn21)C1(F)CCC(F)(F)CC1.OC(CC1c2ncccc2-c2cncn21)C1(F)CCC(F)(F)CC1.OC1(C2CCC(F)(CCC3c4c(F)cccc4-c4cncn43)CC2)CC1. The van der Waals surface area contributed by atoms with Crippen LogP contribution < -0.4 is 0 Å². The minimum Gasteiger partial charge on any atom is -0.390 e. The first-order valence-corrected chi connectivity index (χ1v) is 53.1. The Kier molecular flexibility index (Phi) is 28.9. The van der Waals surface area contributed by atoms with Crippen molar-refractivity contribution >= 4 is 0 Å². The molecule has 802 valence electrons. The van der Waals surface area contributed by atoms with Crippen molar-refractivity contribution in [3.05, 3.63) is 236 Å². The zero-order chi connectivity index (χ0) is 106. The number of halogens is 15. The van der Waals surface area contributed by atoms with Crippen LogP contribution in [0.3, 0.4) is 0 Å². The molecule has 7 saturated carbocycles. The van der Waals surface area contributed by atoms with Gasteiger partial charge in [-0.3, -0.25) is 15.0 Å². The summed E-state index contributed by atoms with van der Waals surface area (Å²) in [6.07, 6.45) is 28.6. The summed E-state index contributed by atoms with van der Waals surface area (Å²) in [6, 6.07) is 24.9. The molecule has 7 fully saturated rings. The summed E-state index contributed by atoms with van der Waals surface area (Å²) in [4.78, 5) is 38.0. The molecule has 9 atom stereocenters. The number of nitrogens with zero attached hydrogens (tertiary/aromatic N) is 15. The van der Waals surface area contributed by atoms with E-state index in [1.165, 1.54) is 18.2 Å². The number of aromatic nitrogens is 15. The van der Waals surface area contributed by atoms with Crippen molar-refractivity contribution < 1.29 is 96.5 Å². The number of pyridine rings is 3. The molecule has 9 aromatic heterocycles. The average Bonchev–Trinajstić information content (AvgIpc) is 1.66. The minimum atomic E-state index is -2.83. The minimum absolute atomic E-state index is 0.0927. The summed E-state index contributed by atoms with van der Waals surface area (Å²) >= 11 is 0. The van der Waals surface area contributed by atoms with Gasteiger partial charge < -0.3 is 58.0 Å². The third-order valence-electron chi connectivity index (χ3n) is 35.6. The molecule has 0 spiro atoms. The van der Waals surface area contributed by atoms with Gasteiger partial charge in [0.15, 0.2) is 0 Å². The van der Waals surface area contributed by atoms with Gasteiger partial charge >= 0.3 is 0 Å². The van der Waals surface area contributed by atoms with Gasteiger partial charge in [-0.2, -0.15) is 0 Å². The molecule has 3 aromatic carbocycles. The lowest BCUT2D eigenvalue weighted by Crippen LogP contribution is -2.45. The molecule has 6 aliphatic heterocycles. The Labute approximate surface area is 861 Å². The zero-order valence-corrected chi connectivity index (χ0v) is 84.6. The topological polar surface area (TPSA) is 267 Å². The average molecular weight is 2090 g/mol. The predicted molar refractivity (Wildman–Crippen MR) is 534 cm³/mol. The van der Waals surface area contributed by atoms with Crippen LogP contribution in [-0.4, -0.2) is 190 Å². The van der Waals surface area contributed by atoms with E-state index in [0.717, 1.165) is 110 Å². The monoisotopic (exact) mass is 2090 g/mol. The van der Waals surface area contributed by atoms with Gasteiger partial charge in [0, 0.05) is 126 Å². The Hall–Kier alpha value is -10.9. The van der Waals surface area contributed by atoms with Crippen molar-refractivity contribution in [1.82, 2.24) is 72.3 Å². The van der Waals surface area contributed by atoms with Crippen LogP contribution in [-0.2, 0) is 0 Å². The number of alkyl halides is 12. The van der Waals surface area contributed by atoms with Gasteiger partial charge in [0.25, 0.3) is 0 Å². The van der Waals surface area contributed by atoms with E-state index < -0.39 is 125 Å². The summed E-state index contributed by atoms with van der Waals surface area (Å²) in [7, 11) is 0. The number of hydrogen-bond donors (Lipinski definition) is 6. The molecule has 0 radical (unpaired) electrons. The van der Waals surface area contributed by atoms with Gasteiger partial charge in [0.1, 0.15) is 51.5 Å². The van der Waals surface area contributed by atoms with E-state index in [-0.39, 0.29) is 129 Å². The molecule has 0 saturated heterocycles. The van der Waals surface area contributed by atoms with Gasteiger partial charge in [0.2, 0.25) is 17.8 Å². The Balaban J connectivity index is 0.000000109. The first-order chi connectivity index (χ1) is 71.2. The van der Waals surface area contributed by atoms with E-state index in [1.54, 1.807) is 112 Å². The summed E-state index contributed by atoms with van der Waals surface area (Å²) in [5, 5.41) is 62.0. The van der Waals surface area contributed by atoms with Crippen LogP contribution in [0.4, 0.5) is 65.9 Å². The smallest absolute Gasteiger partial charge is 0.248 e. The summed E-state index contributed by atoms with van der Waals surface area (Å²) < 4.78 is 226. The molecule has 6 N–H and O–H groups in total. The number of imidazole rings is 6. The van der Waals surface area contributed by atoms with E-state index >= 15 is 26.3 Å². The molecule has 7 aliphatic carbocycles. The molecule has 0 bridgehead atoms. The highest BCUT2D eigenvalue weighted by atomic mass is 19.3. The molecule has 150 heavy (non-hydrogen) atoms. The predicted octanol–water partition coefficient (Wildman–Crippen LogP) is 25.4. The molecule has 12 aromatic rings. The molecule has 36 heteroatoms. The summed E-state index contributed by atoms with van der Waals surface area (Å²) in [5.41, 5.74) is 3.42. The standard InChI is InChI=1S/C21H24F2N2O.2C21H26F2N2O.3C17H18F3N3O/c22-16-3-1-2-15-18-12-24-13-25(18)17(19(15)16)6-9-20(23)7-4-14(5-8-20)21(26)10-11-21;2*1-20(2,26)14-6-9-21(23,10-7-14)11-8-17-19-15(4-3-5-16(19)22)18-12-24-13-25(17)18;3*18-16(3-5-17(19,20)6-4-16)14(24)8-12-15-11(2-1-7-22-15)13-9-21-10-23(12)13/h1-3,12-14,17,26H,4-11H2;2*3-5,12-14,17,26H,6-11H2,1-2H3;3*1-2,7,9-10,12,14,24H,3-6,8H2. The Bertz CT molecular complexity index is 6130. The number of aliphatic hydroxyl groups is 6. The third-order valence-corrected chi connectivity index (χ3v) is 35.6. The number of hydrogen-bond acceptors (Lipinski definition) is 15. The van der Waals surface area contributed by atoms with Crippen molar-refractivity contribution in [2.45, 2.75) is 376 Å². The lowest BCUT2D eigenvalue weighted by Gasteiger charge is -2.39. The van der Waals surface area contributed by atoms with E-state index in [2.05, 4.69) is 44.9 Å². The maximum absolute atomic E-state index is 15.4. The number of fused-ring (bicyclic) bond motifs is 18. The normalized spacial score (nSPS) is 27.2. The maximum atomic E-state index is 15.4. The molecule has 15 heterocycles. The number of aliphatic hydroxyl groups excluding tert-OH is 3. The van der Waals surface area contributed by atoms with E-state index in [1.807, 2.05) is 110 Å². The fourth-order valence-electron chi connectivity index (χ4n) is 26.1. The summed E-state index contributed by atoms with van der Waals surface area (Å²) in [6.45, 7) is 7.23. The molecule has 0 amide bonds.